The molecule has 0 aliphatic carbocycles. The summed E-state index contributed by atoms with van der Waals surface area (Å²) in [5, 5.41) is 0. The SMILES string of the molecule is CCCOC(=O)[C@@H](N)CCON. The number of carbonyl (C=O) groups excluding carboxylic acids is 1. The summed E-state index contributed by atoms with van der Waals surface area (Å²) in [7, 11) is 0. The standard InChI is InChI=1S/C7H16N2O3/c1-2-4-11-7(10)6(8)3-5-12-9/h6H,2-5,8-9H2,1H3/t6-/m0/s1. The van der Waals surface area contributed by atoms with Crippen LogP contribution in [-0.2, 0) is 14.4 Å². The van der Waals surface area contributed by atoms with Crippen LogP contribution in [0.5, 0.6) is 0 Å². The van der Waals surface area contributed by atoms with Gasteiger partial charge in [-0.2, -0.15) is 0 Å². The summed E-state index contributed by atoms with van der Waals surface area (Å²) in [6.45, 7) is 2.60. The second kappa shape index (κ2) is 7.02. The topological polar surface area (TPSA) is 87.6 Å². The van der Waals surface area contributed by atoms with E-state index in [4.69, 9.17) is 16.4 Å². The molecule has 0 aromatic heterocycles. The van der Waals surface area contributed by atoms with Gasteiger partial charge in [-0.05, 0) is 12.8 Å². The van der Waals surface area contributed by atoms with Gasteiger partial charge in [0.05, 0.1) is 13.2 Å². The Kier molecular flexibility index (Phi) is 6.64. The summed E-state index contributed by atoms with van der Waals surface area (Å²) in [6, 6.07) is -0.625. The van der Waals surface area contributed by atoms with Crippen molar-refractivity contribution in [2.75, 3.05) is 13.2 Å². The first-order chi connectivity index (χ1) is 5.72. The number of ether oxygens (including phenoxy) is 1. The van der Waals surface area contributed by atoms with Crippen LogP contribution in [0, 0.1) is 0 Å². The zero-order valence-electron chi connectivity index (χ0n) is 7.29. The average molecular weight is 176 g/mol. The summed E-state index contributed by atoms with van der Waals surface area (Å²) < 4.78 is 4.79. The van der Waals surface area contributed by atoms with Crippen molar-refractivity contribution in [1.82, 2.24) is 0 Å². The maximum atomic E-state index is 11.0. The molecule has 0 aliphatic heterocycles. The van der Waals surface area contributed by atoms with Crippen LogP contribution in [0.15, 0.2) is 0 Å². The normalized spacial score (nSPS) is 12.6. The Morgan fingerprint density at radius 3 is 2.67 bits per heavy atom. The molecule has 12 heavy (non-hydrogen) atoms. The fourth-order valence-electron chi connectivity index (χ4n) is 0.623. The molecule has 0 bridgehead atoms. The summed E-state index contributed by atoms with van der Waals surface area (Å²) in [6.07, 6.45) is 1.19. The first-order valence-electron chi connectivity index (χ1n) is 3.96. The molecule has 0 amide bonds. The van der Waals surface area contributed by atoms with Gasteiger partial charge in [0.1, 0.15) is 6.04 Å². The Morgan fingerprint density at radius 1 is 1.50 bits per heavy atom. The molecule has 4 N–H and O–H groups in total. The van der Waals surface area contributed by atoms with Crippen LogP contribution >= 0.6 is 0 Å². The second-order valence-electron chi connectivity index (χ2n) is 2.43. The summed E-state index contributed by atoms with van der Waals surface area (Å²) >= 11 is 0. The molecule has 5 heteroatoms. The third-order valence-corrected chi connectivity index (χ3v) is 1.30. The van der Waals surface area contributed by atoms with Crippen molar-refractivity contribution in [2.45, 2.75) is 25.8 Å². The Hall–Kier alpha value is -0.650. The minimum atomic E-state index is -0.625. The van der Waals surface area contributed by atoms with E-state index in [1.165, 1.54) is 0 Å². The van der Waals surface area contributed by atoms with E-state index in [1.807, 2.05) is 6.92 Å². The van der Waals surface area contributed by atoms with E-state index >= 15 is 0 Å². The highest BCUT2D eigenvalue weighted by molar-refractivity contribution is 5.75. The third kappa shape index (κ3) is 5.06. The lowest BCUT2D eigenvalue weighted by Crippen LogP contribution is -2.33. The van der Waals surface area contributed by atoms with E-state index in [0.717, 1.165) is 6.42 Å². The predicted octanol–water partition coefficient (Wildman–Crippen LogP) is -0.453. The molecule has 0 aromatic carbocycles. The smallest absolute Gasteiger partial charge is 0.322 e. The van der Waals surface area contributed by atoms with Gasteiger partial charge in [-0.25, -0.2) is 5.90 Å². The molecular weight excluding hydrogens is 160 g/mol. The Labute approximate surface area is 72.0 Å². The molecule has 72 valence electrons. The Balaban J connectivity index is 3.47. The molecule has 1 atom stereocenters. The summed E-state index contributed by atoms with van der Waals surface area (Å²) in [4.78, 5) is 15.2. The van der Waals surface area contributed by atoms with Gasteiger partial charge >= 0.3 is 5.97 Å². The highest BCUT2D eigenvalue weighted by Crippen LogP contribution is 1.92. The molecule has 0 heterocycles. The number of rotatable bonds is 6. The zero-order valence-corrected chi connectivity index (χ0v) is 7.29. The van der Waals surface area contributed by atoms with Crippen molar-refractivity contribution in [1.29, 1.82) is 0 Å². The first-order valence-corrected chi connectivity index (χ1v) is 3.96. The van der Waals surface area contributed by atoms with Crippen molar-refractivity contribution in [2.24, 2.45) is 11.6 Å². The lowest BCUT2D eigenvalue weighted by Gasteiger charge is -2.09. The number of esters is 1. The minimum Gasteiger partial charge on any atom is -0.465 e. The molecule has 0 radical (unpaired) electrons. The monoisotopic (exact) mass is 176 g/mol. The van der Waals surface area contributed by atoms with Gasteiger partial charge < -0.3 is 15.3 Å². The molecule has 0 aliphatic rings. The summed E-state index contributed by atoms with van der Waals surface area (Å²) in [5.41, 5.74) is 5.43. The van der Waals surface area contributed by atoms with Crippen LogP contribution in [0.3, 0.4) is 0 Å². The van der Waals surface area contributed by atoms with Gasteiger partial charge in [0.2, 0.25) is 0 Å². The number of nitrogens with two attached hydrogens (primary N) is 2. The second-order valence-corrected chi connectivity index (χ2v) is 2.43. The highest BCUT2D eigenvalue weighted by atomic mass is 16.6. The van der Waals surface area contributed by atoms with E-state index < -0.39 is 12.0 Å². The minimum absolute atomic E-state index is 0.266. The lowest BCUT2D eigenvalue weighted by atomic mass is 10.2. The van der Waals surface area contributed by atoms with Crippen molar-refractivity contribution in [3.8, 4) is 0 Å². The van der Waals surface area contributed by atoms with E-state index in [0.29, 0.717) is 13.0 Å². The third-order valence-electron chi connectivity index (χ3n) is 1.30. The number of carbonyl (C=O) groups is 1. The van der Waals surface area contributed by atoms with Gasteiger partial charge in [0.25, 0.3) is 0 Å². The van der Waals surface area contributed by atoms with Gasteiger partial charge in [-0.1, -0.05) is 6.92 Å². The van der Waals surface area contributed by atoms with E-state index in [1.54, 1.807) is 0 Å². The van der Waals surface area contributed by atoms with Crippen LogP contribution in [0.2, 0.25) is 0 Å². The predicted molar refractivity (Wildman–Crippen MR) is 44.0 cm³/mol. The fraction of sp³-hybridized carbons (Fsp3) is 0.857. The van der Waals surface area contributed by atoms with Gasteiger partial charge in [0, 0.05) is 0 Å². The van der Waals surface area contributed by atoms with E-state index in [9.17, 15) is 4.79 Å². The molecule has 0 saturated heterocycles. The van der Waals surface area contributed by atoms with Gasteiger partial charge in [-0.3, -0.25) is 4.79 Å². The van der Waals surface area contributed by atoms with Crippen LogP contribution in [0.1, 0.15) is 19.8 Å². The number of hydrogen-bond donors (Lipinski definition) is 2. The van der Waals surface area contributed by atoms with Crippen LogP contribution in [-0.4, -0.2) is 25.2 Å². The highest BCUT2D eigenvalue weighted by Gasteiger charge is 2.13. The van der Waals surface area contributed by atoms with Gasteiger partial charge in [-0.15, -0.1) is 0 Å². The van der Waals surface area contributed by atoms with Gasteiger partial charge in [0.15, 0.2) is 0 Å². The Bertz CT molecular complexity index is 130. The van der Waals surface area contributed by atoms with Crippen molar-refractivity contribution in [3.05, 3.63) is 0 Å². The largest absolute Gasteiger partial charge is 0.465 e. The zero-order chi connectivity index (χ0) is 9.40. The molecule has 0 rings (SSSR count). The number of hydrogen-bond acceptors (Lipinski definition) is 5. The average Bonchev–Trinajstić information content (AvgIpc) is 2.10. The van der Waals surface area contributed by atoms with Crippen molar-refractivity contribution >= 4 is 5.97 Å². The Morgan fingerprint density at radius 2 is 2.17 bits per heavy atom. The molecule has 5 nitrogen and oxygen atoms in total. The van der Waals surface area contributed by atoms with Crippen LogP contribution in [0.25, 0.3) is 0 Å². The maximum Gasteiger partial charge on any atom is 0.322 e. The van der Waals surface area contributed by atoms with Crippen LogP contribution < -0.4 is 11.6 Å². The molecule has 0 aromatic rings. The first kappa shape index (κ1) is 11.4. The van der Waals surface area contributed by atoms with E-state index in [2.05, 4.69) is 4.84 Å². The molecule has 0 spiro atoms. The lowest BCUT2D eigenvalue weighted by molar-refractivity contribution is -0.145. The van der Waals surface area contributed by atoms with E-state index in [-0.39, 0.29) is 6.61 Å². The van der Waals surface area contributed by atoms with Crippen molar-refractivity contribution < 1.29 is 14.4 Å². The quantitative estimate of drug-likeness (QED) is 0.422. The summed E-state index contributed by atoms with van der Waals surface area (Å²) in [5.74, 6) is 4.37. The maximum absolute atomic E-state index is 11.0. The van der Waals surface area contributed by atoms with Crippen molar-refractivity contribution in [3.63, 3.8) is 0 Å². The molecule has 0 fully saturated rings. The molecule has 0 unspecified atom stereocenters. The molecular formula is C7H16N2O3. The molecule has 0 saturated carbocycles. The van der Waals surface area contributed by atoms with Crippen LogP contribution in [0.4, 0.5) is 0 Å². The fourth-order valence-corrected chi connectivity index (χ4v) is 0.623.